The number of carboxylic acid groups (broad SMARTS) is 1. The van der Waals surface area contributed by atoms with Crippen LogP contribution >= 0.6 is 0 Å². The lowest BCUT2D eigenvalue weighted by Gasteiger charge is -2.36. The summed E-state index contributed by atoms with van der Waals surface area (Å²) in [4.78, 5) is 14.1. The van der Waals surface area contributed by atoms with Crippen molar-refractivity contribution in [1.82, 2.24) is 4.90 Å². The van der Waals surface area contributed by atoms with Gasteiger partial charge in [-0.25, -0.2) is 0 Å². The van der Waals surface area contributed by atoms with Crippen molar-refractivity contribution < 1.29 is 19.4 Å². The first-order chi connectivity index (χ1) is 11.1. The van der Waals surface area contributed by atoms with Crippen LogP contribution in [0.3, 0.4) is 0 Å². The number of carboxylic acids is 1. The molecular formula is C18H21NO4. The van der Waals surface area contributed by atoms with Crippen molar-refractivity contribution in [1.29, 1.82) is 0 Å². The Morgan fingerprint density at radius 2 is 2.35 bits per heavy atom. The van der Waals surface area contributed by atoms with Crippen molar-refractivity contribution in [3.05, 3.63) is 23.8 Å². The van der Waals surface area contributed by atoms with Gasteiger partial charge in [0.1, 0.15) is 23.5 Å². The number of likely N-dealkylation sites (tertiary alicyclic amines) is 1. The molecule has 0 aliphatic carbocycles. The second kappa shape index (κ2) is 6.13. The summed E-state index contributed by atoms with van der Waals surface area (Å²) in [6.45, 7) is 3.95. The normalized spacial score (nSPS) is 25.6. The Morgan fingerprint density at radius 3 is 3.04 bits per heavy atom. The topological polar surface area (TPSA) is 59.0 Å². The van der Waals surface area contributed by atoms with Crippen LogP contribution in [0.25, 0.3) is 0 Å². The monoisotopic (exact) mass is 315 g/mol. The summed E-state index contributed by atoms with van der Waals surface area (Å²) in [6.07, 6.45) is 0.813. The number of methoxy groups -OCH3 is 1. The van der Waals surface area contributed by atoms with Crippen LogP contribution in [0.4, 0.5) is 0 Å². The average molecular weight is 315 g/mol. The molecule has 1 fully saturated rings. The molecule has 2 aliphatic rings. The van der Waals surface area contributed by atoms with Crippen molar-refractivity contribution in [2.24, 2.45) is 5.41 Å². The maximum absolute atomic E-state index is 12.0. The minimum absolute atomic E-state index is 0.0851. The first-order valence-electron chi connectivity index (χ1n) is 7.83. The van der Waals surface area contributed by atoms with E-state index in [9.17, 15) is 9.90 Å². The summed E-state index contributed by atoms with van der Waals surface area (Å²) in [5, 5.41) is 9.85. The Morgan fingerprint density at radius 1 is 1.52 bits per heavy atom. The molecule has 0 amide bonds. The van der Waals surface area contributed by atoms with E-state index in [4.69, 9.17) is 9.47 Å². The maximum Gasteiger partial charge on any atom is 0.315 e. The molecular weight excluding hydrogens is 294 g/mol. The lowest BCUT2D eigenvalue weighted by atomic mass is 9.73. The zero-order valence-corrected chi connectivity index (χ0v) is 13.5. The Kier molecular flexibility index (Phi) is 4.18. The third-order valence-corrected chi connectivity index (χ3v) is 4.73. The second-order valence-electron chi connectivity index (χ2n) is 6.08. The molecule has 122 valence electrons. The van der Waals surface area contributed by atoms with Gasteiger partial charge in [-0.3, -0.25) is 9.69 Å². The van der Waals surface area contributed by atoms with E-state index >= 15 is 0 Å². The van der Waals surface area contributed by atoms with Gasteiger partial charge in [0, 0.05) is 37.1 Å². The molecule has 1 unspecified atom stereocenters. The van der Waals surface area contributed by atoms with E-state index in [-0.39, 0.29) is 12.5 Å². The minimum atomic E-state index is -0.893. The standard InChI is InChI=1S/C18H21NO4/c1-3-4-5-8-19-10-15-14-7-6-13(22-2)9-16(14)23-12-18(15,11-19)17(20)21/h6-7,9,15H,3,8,10-12H2,1-2H3,(H,20,21)/t15?,18-/m1/s1. The minimum Gasteiger partial charge on any atom is -0.497 e. The van der Waals surface area contributed by atoms with E-state index in [0.29, 0.717) is 19.6 Å². The zero-order chi connectivity index (χ0) is 16.4. The Hall–Kier alpha value is -2.19. The number of hydrogen-bond acceptors (Lipinski definition) is 4. The predicted octanol–water partition coefficient (Wildman–Crippen LogP) is 1.97. The van der Waals surface area contributed by atoms with E-state index in [0.717, 1.165) is 23.5 Å². The molecule has 5 heteroatoms. The zero-order valence-electron chi connectivity index (χ0n) is 13.5. The molecule has 1 N–H and O–H groups in total. The maximum atomic E-state index is 12.0. The molecule has 0 radical (unpaired) electrons. The van der Waals surface area contributed by atoms with Crippen LogP contribution in [-0.4, -0.2) is 49.3 Å². The van der Waals surface area contributed by atoms with Crippen molar-refractivity contribution >= 4 is 5.97 Å². The highest BCUT2D eigenvalue weighted by atomic mass is 16.5. The lowest BCUT2D eigenvalue weighted by Crippen LogP contribution is -2.45. The summed E-state index contributed by atoms with van der Waals surface area (Å²) in [5.41, 5.74) is 0.0561. The molecule has 1 aromatic rings. The Bertz CT molecular complexity index is 675. The number of ether oxygens (including phenoxy) is 2. The van der Waals surface area contributed by atoms with Crippen LogP contribution in [0.2, 0.25) is 0 Å². The van der Waals surface area contributed by atoms with Crippen LogP contribution in [-0.2, 0) is 4.79 Å². The third kappa shape index (κ3) is 2.64. The van der Waals surface area contributed by atoms with Gasteiger partial charge in [-0.2, -0.15) is 0 Å². The molecule has 2 heterocycles. The Balaban J connectivity index is 1.93. The van der Waals surface area contributed by atoms with Crippen LogP contribution < -0.4 is 9.47 Å². The van der Waals surface area contributed by atoms with E-state index in [2.05, 4.69) is 16.7 Å². The van der Waals surface area contributed by atoms with Gasteiger partial charge in [0.15, 0.2) is 0 Å². The van der Waals surface area contributed by atoms with E-state index in [1.807, 2.05) is 25.1 Å². The number of nitrogens with zero attached hydrogens (tertiary/aromatic N) is 1. The van der Waals surface area contributed by atoms with Crippen molar-refractivity contribution in [3.63, 3.8) is 0 Å². The number of carbonyl (C=O) groups is 1. The number of hydrogen-bond donors (Lipinski definition) is 1. The van der Waals surface area contributed by atoms with Crippen LogP contribution in [0.5, 0.6) is 11.5 Å². The molecule has 23 heavy (non-hydrogen) atoms. The third-order valence-electron chi connectivity index (χ3n) is 4.73. The molecule has 1 saturated heterocycles. The number of aliphatic carboxylic acids is 1. The van der Waals surface area contributed by atoms with Crippen molar-refractivity contribution in [2.75, 3.05) is 33.4 Å². The smallest absolute Gasteiger partial charge is 0.315 e. The fourth-order valence-corrected chi connectivity index (χ4v) is 3.50. The number of fused-ring (bicyclic) bond motifs is 3. The molecule has 2 aliphatic heterocycles. The van der Waals surface area contributed by atoms with Crippen LogP contribution in [0.1, 0.15) is 24.8 Å². The van der Waals surface area contributed by atoms with E-state index in [1.54, 1.807) is 7.11 Å². The highest BCUT2D eigenvalue weighted by Crippen LogP contribution is 2.50. The lowest BCUT2D eigenvalue weighted by molar-refractivity contribution is -0.151. The summed E-state index contributed by atoms with van der Waals surface area (Å²) in [5.74, 6) is 6.72. The summed E-state index contributed by atoms with van der Waals surface area (Å²) < 4.78 is 11.0. The van der Waals surface area contributed by atoms with Gasteiger partial charge >= 0.3 is 5.97 Å². The first-order valence-corrected chi connectivity index (χ1v) is 7.83. The first kappa shape index (κ1) is 15.7. The summed E-state index contributed by atoms with van der Waals surface area (Å²) >= 11 is 0. The largest absolute Gasteiger partial charge is 0.497 e. The van der Waals surface area contributed by atoms with Crippen molar-refractivity contribution in [2.45, 2.75) is 19.3 Å². The fraction of sp³-hybridized carbons (Fsp3) is 0.500. The highest BCUT2D eigenvalue weighted by molar-refractivity contribution is 5.78. The van der Waals surface area contributed by atoms with Gasteiger partial charge in [0.2, 0.25) is 0 Å². The van der Waals surface area contributed by atoms with Crippen LogP contribution in [0, 0.1) is 17.3 Å². The van der Waals surface area contributed by atoms with Gasteiger partial charge < -0.3 is 14.6 Å². The SMILES string of the molecule is CCC#CCN1CC2c3ccc(OC)cc3OC[C@]2(C(=O)O)C1. The Labute approximate surface area is 136 Å². The molecule has 0 spiro atoms. The van der Waals surface area contributed by atoms with Gasteiger partial charge in [-0.05, 0) is 6.07 Å². The summed E-state index contributed by atoms with van der Waals surface area (Å²) in [6, 6.07) is 5.62. The fourth-order valence-electron chi connectivity index (χ4n) is 3.50. The highest BCUT2D eigenvalue weighted by Gasteiger charge is 2.56. The van der Waals surface area contributed by atoms with Gasteiger partial charge in [0.05, 0.1) is 13.7 Å². The second-order valence-corrected chi connectivity index (χ2v) is 6.08. The molecule has 1 aromatic carbocycles. The van der Waals surface area contributed by atoms with Crippen molar-refractivity contribution in [3.8, 4) is 23.3 Å². The predicted molar refractivity (Wildman–Crippen MR) is 85.8 cm³/mol. The van der Waals surface area contributed by atoms with Gasteiger partial charge in [0.25, 0.3) is 0 Å². The molecule has 0 aromatic heterocycles. The van der Waals surface area contributed by atoms with Crippen LogP contribution in [0.15, 0.2) is 18.2 Å². The van der Waals surface area contributed by atoms with E-state index in [1.165, 1.54) is 0 Å². The molecule has 2 atom stereocenters. The molecule has 3 rings (SSSR count). The van der Waals surface area contributed by atoms with Gasteiger partial charge in [-0.1, -0.05) is 18.9 Å². The molecule has 0 saturated carbocycles. The number of benzene rings is 1. The molecule has 5 nitrogen and oxygen atoms in total. The summed E-state index contributed by atoms with van der Waals surface area (Å²) in [7, 11) is 1.61. The number of rotatable bonds is 3. The van der Waals surface area contributed by atoms with Gasteiger partial charge in [-0.15, -0.1) is 5.92 Å². The molecule has 0 bridgehead atoms. The average Bonchev–Trinajstić information content (AvgIpc) is 2.95. The quantitative estimate of drug-likeness (QED) is 0.864. The van der Waals surface area contributed by atoms with E-state index < -0.39 is 11.4 Å².